The number of aryl methyl sites for hydroxylation is 1. The van der Waals surface area contributed by atoms with Gasteiger partial charge < -0.3 is 103 Å². The summed E-state index contributed by atoms with van der Waals surface area (Å²) in [7, 11) is 6.49. The second-order valence-electron chi connectivity index (χ2n) is 35.5. The van der Waals surface area contributed by atoms with E-state index in [0.29, 0.717) is 186 Å². The van der Waals surface area contributed by atoms with Gasteiger partial charge in [0.1, 0.15) is 53.5 Å². The highest BCUT2D eigenvalue weighted by Gasteiger charge is 2.53. The van der Waals surface area contributed by atoms with Crippen LogP contribution in [-0.2, 0) is 98.6 Å². The predicted molar refractivity (Wildman–Crippen MR) is 482 cm³/mol. The number of methoxy groups -OCH3 is 4. The molecule has 34 heteroatoms. The maximum Gasteiger partial charge on any atom is 0.329 e. The van der Waals surface area contributed by atoms with Crippen LogP contribution in [0.3, 0.4) is 0 Å². The molecule has 2 saturated heterocycles. The minimum Gasteiger partial charge on any atom is -0.495 e. The number of amides is 3. The minimum atomic E-state index is -2.44. The number of H-pyrrole nitrogens is 1. The molecule has 129 heavy (non-hydrogen) atoms. The number of aliphatic hydroxyl groups is 3. The van der Waals surface area contributed by atoms with E-state index in [2.05, 4.69) is 36.0 Å². The van der Waals surface area contributed by atoms with Gasteiger partial charge in [-0.25, -0.2) is 24.0 Å². The first-order valence-corrected chi connectivity index (χ1v) is 46.6. The van der Waals surface area contributed by atoms with Gasteiger partial charge in [0, 0.05) is 108 Å². The van der Waals surface area contributed by atoms with Crippen molar-refractivity contribution in [1.29, 1.82) is 0 Å². The first-order valence-electron chi connectivity index (χ1n) is 46.6. The summed E-state index contributed by atoms with van der Waals surface area (Å²) in [4.78, 5) is 97.2. The molecule has 7 heterocycles. The molecule has 3 amide bonds. The van der Waals surface area contributed by atoms with Crippen molar-refractivity contribution in [1.82, 2.24) is 55.1 Å². The first kappa shape index (κ1) is 103. The lowest BCUT2D eigenvalue weighted by molar-refractivity contribution is -0.265. The van der Waals surface area contributed by atoms with Crippen molar-refractivity contribution < 1.29 is 106 Å². The van der Waals surface area contributed by atoms with E-state index in [4.69, 9.17) is 72.3 Å². The van der Waals surface area contributed by atoms with Crippen molar-refractivity contribution in [3.63, 3.8) is 0 Å². The number of allylic oxidation sites excluding steroid dienone is 5. The van der Waals surface area contributed by atoms with E-state index >= 15 is 0 Å². The molecule has 5 aromatic rings. The van der Waals surface area contributed by atoms with E-state index in [1.165, 1.54) is 11.2 Å². The molecule has 16 atom stereocenters. The first-order chi connectivity index (χ1) is 62.3. The lowest BCUT2D eigenvalue weighted by atomic mass is 9.78. The maximum absolute atomic E-state index is 14.9. The van der Waals surface area contributed by atoms with E-state index in [0.717, 1.165) is 84.4 Å². The Labute approximate surface area is 758 Å². The zero-order valence-corrected chi connectivity index (χ0v) is 77.7. The van der Waals surface area contributed by atoms with Crippen LogP contribution in [0, 0.1) is 41.4 Å². The van der Waals surface area contributed by atoms with Crippen LogP contribution in [0.15, 0.2) is 84.4 Å². The molecule has 4 fully saturated rings. The van der Waals surface area contributed by atoms with Crippen LogP contribution in [0.2, 0.25) is 0 Å². The molecule has 2 bridgehead atoms. The molecule has 3 aliphatic heterocycles. The fraction of sp³-hybridized carbons (Fsp3) is 0.695. The Hall–Kier alpha value is -8.33. The van der Waals surface area contributed by atoms with Crippen molar-refractivity contribution in [2.75, 3.05) is 140 Å². The van der Waals surface area contributed by atoms with Gasteiger partial charge in [-0.1, -0.05) is 88.4 Å². The Morgan fingerprint density at radius 3 is 2.15 bits per heavy atom. The van der Waals surface area contributed by atoms with Gasteiger partial charge in [0.2, 0.25) is 17.6 Å². The third kappa shape index (κ3) is 30.1. The van der Waals surface area contributed by atoms with Crippen LogP contribution < -0.4 is 21.1 Å². The second-order valence-corrected chi connectivity index (χ2v) is 35.5. The van der Waals surface area contributed by atoms with E-state index in [1.807, 2.05) is 88.5 Å². The number of nitrogens with zero attached hydrogens (tertiary/aromatic N) is 8. The average Bonchev–Trinajstić information content (AvgIpc) is 1.63. The maximum atomic E-state index is 14.9. The lowest BCUT2D eigenvalue weighted by Gasteiger charge is -2.43. The number of nitrogens with two attached hydrogens (primary N) is 1. The molecule has 716 valence electrons. The molecule has 1 aromatic carbocycles. The second kappa shape index (κ2) is 52.8. The van der Waals surface area contributed by atoms with E-state index in [9.17, 15) is 44.1 Å². The molecule has 8 N–H and O–H groups in total. The number of esters is 1. The summed E-state index contributed by atoms with van der Waals surface area (Å²) in [5, 5.41) is 55.1. The van der Waals surface area contributed by atoms with Crippen LogP contribution in [0.4, 0.5) is 5.82 Å². The normalized spacial score (nSPS) is 28.7. The molecule has 5 aliphatic rings. The SMILES string of the molecule is COc1cccc2cc(-c3nc(C4CCC(C(=O)NCCOCCOCCNC(=O)CCOCCOCCOCCOCCn5cc(CCCCO[C@@H]6CC[C@@H](C[C@@H](C)[C@@H]7C[C@@H](OC)[C@H](C)/C=C(\C)[C@@H](O)[C@@H](O)C(=O)[C@H](C)C[C@H](C)/C=C/C=C/C=C(\C)[C@@H](OC)C[C@@H]8CC[C@@H](C)[C@@](O)(O8)C(=O)C(=O)N8CCCC[C@H]8C(=O)O7)C[C@H]6OC)nn5)CC4)n4ncnc(N)c34)[nH]c12. The van der Waals surface area contributed by atoms with E-state index in [1.54, 1.807) is 64.5 Å². The number of piperidine rings is 1. The average molecular weight is 1810 g/mol. The smallest absolute Gasteiger partial charge is 0.329 e. The van der Waals surface area contributed by atoms with Crippen molar-refractivity contribution in [2.24, 2.45) is 41.4 Å². The molecule has 34 nitrogen and oxygen atoms in total. The Kier molecular flexibility index (Phi) is 42.1. The molecule has 2 aliphatic carbocycles. The fourth-order valence-electron chi connectivity index (χ4n) is 18.3. The van der Waals surface area contributed by atoms with Gasteiger partial charge in [0.15, 0.2) is 11.6 Å². The number of carbonyl (C=O) groups is 6. The summed E-state index contributed by atoms with van der Waals surface area (Å²) in [5.74, 6) is -5.80. The van der Waals surface area contributed by atoms with Crippen LogP contribution >= 0.6 is 0 Å². The van der Waals surface area contributed by atoms with Crippen molar-refractivity contribution in [2.45, 2.75) is 250 Å². The Balaban J connectivity index is 0.555. The number of para-hydroxylation sites is 1. The van der Waals surface area contributed by atoms with Gasteiger partial charge in [-0.05, 0) is 164 Å². The standard InChI is InChI=1S/C95H144N12O22/c1-61-20-13-12-14-21-62(2)78(118-9)57-73-32-26-67(7)95(116,129-73)89(112)93(114)106-37-17-15-24-75(106)94(115)128-80(58-79(119-10)63(3)53-66(6)87(110)88(111)86(109)65(5)52-61)64(4)54-68-27-33-76(81(55-68)120-11)127-39-18-16-23-72-59-105(104-103-72)38-43-124-47-49-126-51-50-125-48-44-121-40-34-82(108)97-35-41-122-45-46-123-42-36-98-92(113)70-30-28-69(29-31-70)91-102-84(85-90(96)99-60-100-107(85)91)74-56-71-22-19-25-77(117-8)83(71)101-74/h12-14,19-22,25,53,56,59-61,63-65,67-70,73,75-76,78-81,87-88,101,110-111,116H,15-18,23-24,26-52,54-55,57-58H2,1-11H3,(H,97,108)(H,98,113)(H2,96,99,100)/b14-12+,20-13+,62-21+,66-53+/t61-,63-,64-,65-,67-,68+,69?,70?,73+,75+,76-,78+,79-,80+,81-,87-,88+,95-/m1/s1. The van der Waals surface area contributed by atoms with Crippen molar-refractivity contribution in [3.05, 3.63) is 95.9 Å². The molecular weight excluding hydrogens is 1660 g/mol. The summed E-state index contributed by atoms with van der Waals surface area (Å²) in [6, 6.07) is 6.76. The third-order valence-electron chi connectivity index (χ3n) is 26.0. The number of unbranched alkanes of at least 4 members (excludes halogenated alkanes) is 1. The van der Waals surface area contributed by atoms with Gasteiger partial charge in [-0.3, -0.25) is 24.0 Å². The molecule has 0 unspecified atom stereocenters. The summed E-state index contributed by atoms with van der Waals surface area (Å²) in [6.07, 6.45) is 20.6. The molecule has 4 aromatic heterocycles. The molecule has 0 spiro atoms. The van der Waals surface area contributed by atoms with Gasteiger partial charge in [-0.15, -0.1) is 5.10 Å². The summed E-state index contributed by atoms with van der Waals surface area (Å²) >= 11 is 0. The number of cyclic esters (lactones) is 1. The highest BCUT2D eigenvalue weighted by atomic mass is 16.6. The van der Waals surface area contributed by atoms with E-state index in [-0.39, 0.29) is 86.0 Å². The predicted octanol–water partition coefficient (Wildman–Crippen LogP) is 9.48. The van der Waals surface area contributed by atoms with E-state index < -0.39 is 89.6 Å². The number of fused-ring (bicyclic) bond motifs is 5. The van der Waals surface area contributed by atoms with Crippen LogP contribution in [-0.4, -0.2) is 290 Å². The number of ether oxygens (including phenoxy) is 13. The number of hydrogen-bond acceptors (Lipinski definition) is 28. The number of Topliss-reactive ketones (excluding diaryl/α,β-unsaturated/α-hetero) is 2. The Morgan fingerprint density at radius 2 is 1.43 bits per heavy atom. The van der Waals surface area contributed by atoms with Crippen molar-refractivity contribution in [3.8, 4) is 17.1 Å². The number of carbonyl (C=O) groups excluding carboxylic acids is 6. The quantitative estimate of drug-likeness (QED) is 0.00830. The lowest BCUT2D eigenvalue weighted by Crippen LogP contribution is -2.61. The van der Waals surface area contributed by atoms with Crippen LogP contribution in [0.1, 0.15) is 188 Å². The molecule has 2 saturated carbocycles. The van der Waals surface area contributed by atoms with Gasteiger partial charge in [0.05, 0.1) is 140 Å². The molecule has 0 radical (unpaired) electrons. The van der Waals surface area contributed by atoms with Crippen LogP contribution in [0.25, 0.3) is 27.8 Å². The summed E-state index contributed by atoms with van der Waals surface area (Å²) in [6.45, 7) is 19.3. The monoisotopic (exact) mass is 1810 g/mol. The largest absolute Gasteiger partial charge is 0.495 e. The number of aliphatic hydroxyl groups excluding tert-OH is 2. The number of aromatic nitrogens is 8. The van der Waals surface area contributed by atoms with Crippen molar-refractivity contribution >= 4 is 57.5 Å². The number of nitrogens with one attached hydrogen (secondary N) is 3. The highest BCUT2D eigenvalue weighted by Crippen LogP contribution is 2.42. The molecule has 10 rings (SSSR count). The number of rotatable bonds is 40. The Bertz CT molecular complexity index is 4450. The number of imidazole rings is 1. The fourth-order valence-corrected chi connectivity index (χ4v) is 18.3. The number of hydrogen-bond donors (Lipinski definition) is 7. The molecular formula is C95H144N12O22. The number of ketones is 2. The Morgan fingerprint density at radius 1 is 0.729 bits per heavy atom. The zero-order valence-electron chi connectivity index (χ0n) is 77.7. The minimum absolute atomic E-state index is 0.0143. The highest BCUT2D eigenvalue weighted by molar-refractivity contribution is 6.39. The van der Waals surface area contributed by atoms with Crippen LogP contribution in [0.5, 0.6) is 5.75 Å². The van der Waals surface area contributed by atoms with Gasteiger partial charge in [0.25, 0.3) is 11.7 Å². The third-order valence-corrected chi connectivity index (χ3v) is 26.0. The zero-order chi connectivity index (χ0) is 92.4. The van der Waals surface area contributed by atoms with Gasteiger partial charge >= 0.3 is 5.97 Å². The number of anilines is 1. The number of benzene rings is 1. The topological polar surface area (TPSA) is 426 Å². The summed E-state index contributed by atoms with van der Waals surface area (Å²) in [5.41, 5.74) is 11.5. The van der Waals surface area contributed by atoms with Gasteiger partial charge in [-0.2, -0.15) is 5.10 Å². The summed E-state index contributed by atoms with van der Waals surface area (Å²) < 4.78 is 80.6. The number of aromatic amines is 1. The number of nitrogen functional groups attached to an aromatic ring is 1.